The molecule has 2 unspecified atom stereocenters. The first-order valence-corrected chi connectivity index (χ1v) is 5.11. The Bertz CT molecular complexity index is 293. The smallest absolute Gasteiger partial charge is 0.00796 e. The molecular formula is C12H17N. The Hall–Kier alpha value is -0.820. The van der Waals surface area contributed by atoms with Crippen molar-refractivity contribution >= 4 is 0 Å². The molecule has 13 heavy (non-hydrogen) atoms. The zero-order valence-electron chi connectivity index (χ0n) is 8.16. The molecule has 2 N–H and O–H groups in total. The molecule has 70 valence electrons. The van der Waals surface area contributed by atoms with E-state index in [-0.39, 0.29) is 0 Å². The summed E-state index contributed by atoms with van der Waals surface area (Å²) in [6.07, 6.45) is 3.45. The van der Waals surface area contributed by atoms with E-state index in [0.717, 1.165) is 12.8 Å². The van der Waals surface area contributed by atoms with Gasteiger partial charge in [0.15, 0.2) is 0 Å². The predicted molar refractivity (Wildman–Crippen MR) is 55.8 cm³/mol. The summed E-state index contributed by atoms with van der Waals surface area (Å²) in [5, 5.41) is 0. The minimum absolute atomic E-state index is 0.367. The molecule has 0 radical (unpaired) electrons. The van der Waals surface area contributed by atoms with Crippen LogP contribution in [0.15, 0.2) is 24.3 Å². The first-order valence-electron chi connectivity index (χ1n) is 5.11. The van der Waals surface area contributed by atoms with Gasteiger partial charge in [0.05, 0.1) is 0 Å². The second-order valence-electron chi connectivity index (χ2n) is 4.14. The third-order valence-corrected chi connectivity index (χ3v) is 3.04. The number of rotatable bonds is 0. The fourth-order valence-electron chi connectivity index (χ4n) is 2.20. The van der Waals surface area contributed by atoms with Crippen LogP contribution >= 0.6 is 0 Å². The van der Waals surface area contributed by atoms with Gasteiger partial charge in [-0.05, 0) is 36.3 Å². The Labute approximate surface area is 80.0 Å². The van der Waals surface area contributed by atoms with Crippen LogP contribution in [0.5, 0.6) is 0 Å². The molecule has 2 atom stereocenters. The molecule has 1 aliphatic carbocycles. The monoisotopic (exact) mass is 175 g/mol. The van der Waals surface area contributed by atoms with Crippen molar-refractivity contribution in [2.24, 2.45) is 5.73 Å². The van der Waals surface area contributed by atoms with E-state index in [2.05, 4.69) is 31.2 Å². The molecule has 2 rings (SSSR count). The largest absolute Gasteiger partial charge is 0.327 e. The van der Waals surface area contributed by atoms with Crippen LogP contribution in [0, 0.1) is 0 Å². The highest BCUT2D eigenvalue weighted by molar-refractivity contribution is 5.31. The van der Waals surface area contributed by atoms with Crippen LogP contribution in [-0.4, -0.2) is 6.04 Å². The first-order chi connectivity index (χ1) is 6.27. The molecule has 0 aliphatic heterocycles. The van der Waals surface area contributed by atoms with Crippen molar-refractivity contribution in [2.75, 3.05) is 0 Å². The number of fused-ring (bicyclic) bond motifs is 1. The number of hydrogen-bond donors (Lipinski definition) is 1. The molecule has 1 aromatic rings. The quantitative estimate of drug-likeness (QED) is 0.602. The normalized spacial score (nSPS) is 27.8. The predicted octanol–water partition coefficient (Wildman–Crippen LogP) is 2.45. The van der Waals surface area contributed by atoms with Gasteiger partial charge in [0.1, 0.15) is 0 Å². The second-order valence-corrected chi connectivity index (χ2v) is 4.14. The van der Waals surface area contributed by atoms with Crippen molar-refractivity contribution in [1.29, 1.82) is 0 Å². The van der Waals surface area contributed by atoms with Crippen molar-refractivity contribution in [3.63, 3.8) is 0 Å². The van der Waals surface area contributed by atoms with Crippen LogP contribution < -0.4 is 5.73 Å². The number of hydrogen-bond acceptors (Lipinski definition) is 1. The maximum Gasteiger partial charge on any atom is 0.00796 e. The molecule has 0 spiro atoms. The van der Waals surface area contributed by atoms with Crippen LogP contribution in [0.2, 0.25) is 0 Å². The highest BCUT2D eigenvalue weighted by Crippen LogP contribution is 2.29. The van der Waals surface area contributed by atoms with E-state index in [4.69, 9.17) is 5.73 Å². The van der Waals surface area contributed by atoms with E-state index in [9.17, 15) is 0 Å². The van der Waals surface area contributed by atoms with Gasteiger partial charge in [-0.1, -0.05) is 31.2 Å². The van der Waals surface area contributed by atoms with Crippen molar-refractivity contribution in [3.05, 3.63) is 35.4 Å². The summed E-state index contributed by atoms with van der Waals surface area (Å²) >= 11 is 0. The third kappa shape index (κ3) is 1.75. The first kappa shape index (κ1) is 8.76. The molecule has 0 fully saturated rings. The molecule has 1 aliphatic rings. The molecule has 0 saturated carbocycles. The molecule has 0 aromatic heterocycles. The van der Waals surface area contributed by atoms with E-state index in [1.54, 1.807) is 0 Å². The van der Waals surface area contributed by atoms with E-state index in [1.165, 1.54) is 17.5 Å². The Morgan fingerprint density at radius 1 is 1.23 bits per heavy atom. The zero-order valence-corrected chi connectivity index (χ0v) is 8.16. The summed E-state index contributed by atoms with van der Waals surface area (Å²) in [6.45, 7) is 2.30. The Kier molecular flexibility index (Phi) is 2.36. The van der Waals surface area contributed by atoms with Gasteiger partial charge in [-0.3, -0.25) is 0 Å². The standard InChI is InChI=1S/C12H17N/c1-9-6-7-11(13)8-10-4-2-3-5-12(9)10/h2-5,9,11H,6-8,13H2,1H3. The van der Waals surface area contributed by atoms with Crippen LogP contribution in [0.4, 0.5) is 0 Å². The number of benzene rings is 1. The fraction of sp³-hybridized carbons (Fsp3) is 0.500. The van der Waals surface area contributed by atoms with Gasteiger partial charge in [-0.2, -0.15) is 0 Å². The lowest BCUT2D eigenvalue weighted by molar-refractivity contribution is 0.567. The zero-order chi connectivity index (χ0) is 9.26. The summed E-state index contributed by atoms with van der Waals surface area (Å²) < 4.78 is 0. The summed E-state index contributed by atoms with van der Waals surface area (Å²) in [5.41, 5.74) is 8.98. The SMILES string of the molecule is CC1CCC(N)Cc2ccccc21. The topological polar surface area (TPSA) is 26.0 Å². The molecular weight excluding hydrogens is 158 g/mol. The van der Waals surface area contributed by atoms with Crippen LogP contribution in [0.1, 0.15) is 36.8 Å². The lowest BCUT2D eigenvalue weighted by atomic mass is 9.95. The van der Waals surface area contributed by atoms with Gasteiger partial charge < -0.3 is 5.73 Å². The van der Waals surface area contributed by atoms with Crippen molar-refractivity contribution in [1.82, 2.24) is 0 Å². The highest BCUT2D eigenvalue weighted by atomic mass is 14.6. The average Bonchev–Trinajstić information content (AvgIpc) is 2.27. The summed E-state index contributed by atoms with van der Waals surface area (Å²) in [6, 6.07) is 9.08. The Morgan fingerprint density at radius 3 is 2.85 bits per heavy atom. The minimum atomic E-state index is 0.367. The minimum Gasteiger partial charge on any atom is -0.327 e. The van der Waals surface area contributed by atoms with Crippen molar-refractivity contribution < 1.29 is 0 Å². The van der Waals surface area contributed by atoms with E-state index in [1.807, 2.05) is 0 Å². The van der Waals surface area contributed by atoms with Gasteiger partial charge in [-0.25, -0.2) is 0 Å². The summed E-state index contributed by atoms with van der Waals surface area (Å²) in [7, 11) is 0. The summed E-state index contributed by atoms with van der Waals surface area (Å²) in [4.78, 5) is 0. The fourth-order valence-corrected chi connectivity index (χ4v) is 2.20. The summed E-state index contributed by atoms with van der Waals surface area (Å²) in [5.74, 6) is 0.685. The van der Waals surface area contributed by atoms with Gasteiger partial charge >= 0.3 is 0 Å². The lowest BCUT2D eigenvalue weighted by Gasteiger charge is -2.11. The molecule has 0 saturated heterocycles. The van der Waals surface area contributed by atoms with Crippen molar-refractivity contribution in [2.45, 2.75) is 38.1 Å². The van der Waals surface area contributed by atoms with Gasteiger partial charge in [0.2, 0.25) is 0 Å². The van der Waals surface area contributed by atoms with Gasteiger partial charge in [-0.15, -0.1) is 0 Å². The maximum absolute atomic E-state index is 6.01. The maximum atomic E-state index is 6.01. The molecule has 0 amide bonds. The number of nitrogens with two attached hydrogens (primary N) is 1. The highest BCUT2D eigenvalue weighted by Gasteiger charge is 2.17. The third-order valence-electron chi connectivity index (χ3n) is 3.04. The molecule has 1 aromatic carbocycles. The van der Waals surface area contributed by atoms with Crippen LogP contribution in [0.25, 0.3) is 0 Å². The second kappa shape index (κ2) is 3.51. The van der Waals surface area contributed by atoms with Gasteiger partial charge in [0, 0.05) is 6.04 Å². The molecule has 1 nitrogen and oxygen atoms in total. The van der Waals surface area contributed by atoms with E-state index >= 15 is 0 Å². The van der Waals surface area contributed by atoms with Crippen LogP contribution in [-0.2, 0) is 6.42 Å². The van der Waals surface area contributed by atoms with Crippen molar-refractivity contribution in [3.8, 4) is 0 Å². The van der Waals surface area contributed by atoms with Gasteiger partial charge in [0.25, 0.3) is 0 Å². The average molecular weight is 175 g/mol. The molecule has 0 bridgehead atoms. The van der Waals surface area contributed by atoms with E-state index in [0.29, 0.717) is 12.0 Å². The Balaban J connectivity index is 2.38. The van der Waals surface area contributed by atoms with Crippen LogP contribution in [0.3, 0.4) is 0 Å². The van der Waals surface area contributed by atoms with E-state index < -0.39 is 0 Å². The molecule has 0 heterocycles. The molecule has 1 heteroatoms. The lowest BCUT2D eigenvalue weighted by Crippen LogP contribution is -2.21. The Morgan fingerprint density at radius 2 is 2.00 bits per heavy atom.